The van der Waals surface area contributed by atoms with Crippen LogP contribution in [0.15, 0.2) is 34.0 Å². The number of ketones is 1. The lowest BCUT2D eigenvalue weighted by atomic mass is 9.90. The van der Waals surface area contributed by atoms with Gasteiger partial charge < -0.3 is 10.3 Å². The van der Waals surface area contributed by atoms with Gasteiger partial charge in [0.05, 0.1) is 11.2 Å². The molecule has 120 valence electrons. The van der Waals surface area contributed by atoms with Gasteiger partial charge in [0.1, 0.15) is 0 Å². The molecule has 1 aliphatic rings. The molecular weight excluding hydrogens is 312 g/mol. The summed E-state index contributed by atoms with van der Waals surface area (Å²) in [5.41, 5.74) is 7.97. The minimum Gasteiger partial charge on any atom is -0.379 e. The van der Waals surface area contributed by atoms with Crippen molar-refractivity contribution in [2.45, 2.75) is 32.2 Å². The Balaban J connectivity index is 1.83. The van der Waals surface area contributed by atoms with Crippen LogP contribution in [0, 0.1) is 6.92 Å². The van der Waals surface area contributed by atoms with Gasteiger partial charge in [0.2, 0.25) is 11.5 Å². The number of pyridine rings is 1. The molecule has 2 aromatic heterocycles. The molecular formula is C16H18N4O2S. The monoisotopic (exact) mass is 330 g/mol. The van der Waals surface area contributed by atoms with Gasteiger partial charge in [-0.05, 0) is 37.5 Å². The SMILES string of the molecule is Cc1cc(C(=O)Cc2cncc([C@]3(C)CCSC(N)=N3)c2)on1. The lowest BCUT2D eigenvalue weighted by Crippen LogP contribution is -2.29. The number of Topliss-reactive ketones (excluding diaryl/α,β-unsaturated/α-hetero) is 1. The summed E-state index contributed by atoms with van der Waals surface area (Å²) in [5.74, 6) is 1.08. The van der Waals surface area contributed by atoms with Crippen molar-refractivity contribution in [1.29, 1.82) is 0 Å². The Morgan fingerprint density at radius 1 is 1.43 bits per heavy atom. The molecule has 0 bridgehead atoms. The van der Waals surface area contributed by atoms with Crippen LogP contribution in [0.3, 0.4) is 0 Å². The fourth-order valence-corrected chi connectivity index (χ4v) is 3.52. The maximum Gasteiger partial charge on any atom is 0.205 e. The number of carbonyl (C=O) groups is 1. The van der Waals surface area contributed by atoms with Gasteiger partial charge in [0.25, 0.3) is 0 Å². The predicted octanol–water partition coefficient (Wildman–Crippen LogP) is 2.47. The smallest absolute Gasteiger partial charge is 0.205 e. The van der Waals surface area contributed by atoms with Gasteiger partial charge in [-0.25, -0.2) is 0 Å². The lowest BCUT2D eigenvalue weighted by molar-refractivity contribution is 0.0957. The maximum atomic E-state index is 12.2. The molecule has 0 spiro atoms. The summed E-state index contributed by atoms with van der Waals surface area (Å²) >= 11 is 1.56. The molecule has 0 fully saturated rings. The molecule has 2 N–H and O–H groups in total. The number of nitrogens with zero attached hydrogens (tertiary/aromatic N) is 3. The van der Waals surface area contributed by atoms with Gasteiger partial charge in [-0.15, -0.1) is 0 Å². The van der Waals surface area contributed by atoms with E-state index in [1.54, 1.807) is 37.1 Å². The van der Waals surface area contributed by atoms with Crippen LogP contribution >= 0.6 is 11.8 Å². The molecule has 3 heterocycles. The number of aryl methyl sites for hydroxylation is 1. The number of aromatic nitrogens is 2. The number of nitrogens with two attached hydrogens (primary N) is 1. The summed E-state index contributed by atoms with van der Waals surface area (Å²) in [5, 5.41) is 4.34. The van der Waals surface area contributed by atoms with Crippen LogP contribution in [-0.4, -0.2) is 26.8 Å². The molecule has 0 radical (unpaired) electrons. The molecule has 7 heteroatoms. The minimum absolute atomic E-state index is 0.114. The van der Waals surface area contributed by atoms with Gasteiger partial charge in [0.15, 0.2) is 5.17 Å². The number of hydrogen-bond donors (Lipinski definition) is 1. The van der Waals surface area contributed by atoms with Crippen molar-refractivity contribution in [3.63, 3.8) is 0 Å². The summed E-state index contributed by atoms with van der Waals surface area (Å²) in [6.45, 7) is 3.83. The Kier molecular flexibility index (Phi) is 4.21. The van der Waals surface area contributed by atoms with Crippen LogP contribution in [0.2, 0.25) is 0 Å². The van der Waals surface area contributed by atoms with Gasteiger partial charge in [-0.2, -0.15) is 0 Å². The normalized spacial score (nSPS) is 21.0. The number of carbonyl (C=O) groups excluding carboxylic acids is 1. The second-order valence-electron chi connectivity index (χ2n) is 5.84. The van der Waals surface area contributed by atoms with Crippen molar-refractivity contribution in [3.8, 4) is 0 Å². The molecule has 0 unspecified atom stereocenters. The number of aliphatic imine (C=N–C) groups is 1. The zero-order valence-electron chi connectivity index (χ0n) is 13.1. The summed E-state index contributed by atoms with van der Waals surface area (Å²) in [6.07, 6.45) is 4.59. The summed E-state index contributed by atoms with van der Waals surface area (Å²) in [4.78, 5) is 21.1. The van der Waals surface area contributed by atoms with Gasteiger partial charge in [0, 0.05) is 30.6 Å². The van der Waals surface area contributed by atoms with Gasteiger partial charge in [-0.3, -0.25) is 14.8 Å². The number of thioether (sulfide) groups is 1. The third kappa shape index (κ3) is 3.44. The first-order valence-corrected chi connectivity index (χ1v) is 8.34. The molecule has 1 aliphatic heterocycles. The van der Waals surface area contributed by atoms with E-state index in [0.717, 1.165) is 23.3 Å². The highest BCUT2D eigenvalue weighted by Gasteiger charge is 2.30. The zero-order chi connectivity index (χ0) is 16.4. The van der Waals surface area contributed by atoms with Crippen LogP contribution in [0.5, 0.6) is 0 Å². The molecule has 0 aromatic carbocycles. The van der Waals surface area contributed by atoms with Crippen LogP contribution in [-0.2, 0) is 12.0 Å². The molecule has 0 aliphatic carbocycles. The van der Waals surface area contributed by atoms with E-state index in [2.05, 4.69) is 15.1 Å². The largest absolute Gasteiger partial charge is 0.379 e. The van der Waals surface area contributed by atoms with Crippen LogP contribution < -0.4 is 5.73 Å². The first kappa shape index (κ1) is 15.7. The highest BCUT2D eigenvalue weighted by molar-refractivity contribution is 8.13. The summed E-state index contributed by atoms with van der Waals surface area (Å²) < 4.78 is 5.02. The quantitative estimate of drug-likeness (QED) is 0.865. The fraction of sp³-hybridized carbons (Fsp3) is 0.375. The van der Waals surface area contributed by atoms with Crippen molar-refractivity contribution in [2.75, 3.05) is 5.75 Å². The van der Waals surface area contributed by atoms with Crippen molar-refractivity contribution < 1.29 is 9.32 Å². The molecule has 0 saturated heterocycles. The topological polar surface area (TPSA) is 94.4 Å². The van der Waals surface area contributed by atoms with E-state index in [1.165, 1.54) is 0 Å². The van der Waals surface area contributed by atoms with E-state index < -0.39 is 0 Å². The average Bonchev–Trinajstić information content (AvgIpc) is 2.94. The van der Waals surface area contributed by atoms with Crippen LogP contribution in [0.25, 0.3) is 0 Å². The molecule has 3 rings (SSSR count). The van der Waals surface area contributed by atoms with E-state index in [0.29, 0.717) is 10.9 Å². The molecule has 1 atom stereocenters. The lowest BCUT2D eigenvalue weighted by Gasteiger charge is -2.29. The number of rotatable bonds is 4. The van der Waals surface area contributed by atoms with Crippen molar-refractivity contribution in [3.05, 3.63) is 47.1 Å². The van der Waals surface area contributed by atoms with Crippen LogP contribution in [0.1, 0.15) is 40.7 Å². The first-order valence-electron chi connectivity index (χ1n) is 7.35. The standard InChI is InChI=1S/C16H18N4O2S/c1-10-5-14(22-20-10)13(21)7-11-6-12(9-18-8-11)16(2)3-4-23-15(17)19-16/h5-6,8-9H,3-4,7H2,1-2H3,(H2,17,19)/t16-/m0/s1. The molecule has 0 amide bonds. The molecule has 6 nitrogen and oxygen atoms in total. The fourth-order valence-electron chi connectivity index (χ4n) is 2.54. The zero-order valence-corrected chi connectivity index (χ0v) is 13.9. The van der Waals surface area contributed by atoms with Crippen molar-refractivity contribution >= 4 is 22.7 Å². The predicted molar refractivity (Wildman–Crippen MR) is 89.6 cm³/mol. The van der Waals surface area contributed by atoms with E-state index in [4.69, 9.17) is 10.3 Å². The number of hydrogen-bond acceptors (Lipinski definition) is 7. The Labute approximate surface area is 138 Å². The average molecular weight is 330 g/mol. The van der Waals surface area contributed by atoms with E-state index in [9.17, 15) is 4.79 Å². The Hall–Kier alpha value is -2.15. The summed E-state index contributed by atoms with van der Waals surface area (Å²) in [7, 11) is 0. The Morgan fingerprint density at radius 2 is 2.26 bits per heavy atom. The highest BCUT2D eigenvalue weighted by atomic mass is 32.2. The third-order valence-electron chi connectivity index (χ3n) is 3.88. The van der Waals surface area contributed by atoms with E-state index in [1.807, 2.05) is 13.0 Å². The maximum absolute atomic E-state index is 12.2. The van der Waals surface area contributed by atoms with Crippen LogP contribution in [0.4, 0.5) is 0 Å². The van der Waals surface area contributed by atoms with Gasteiger partial charge in [-0.1, -0.05) is 16.9 Å². The molecule has 0 saturated carbocycles. The van der Waals surface area contributed by atoms with Crippen molar-refractivity contribution in [1.82, 2.24) is 10.1 Å². The number of amidine groups is 1. The molecule has 23 heavy (non-hydrogen) atoms. The first-order chi connectivity index (χ1) is 11.0. The second-order valence-corrected chi connectivity index (χ2v) is 6.95. The second kappa shape index (κ2) is 6.16. The minimum atomic E-state index is -0.385. The summed E-state index contributed by atoms with van der Waals surface area (Å²) in [6, 6.07) is 3.62. The molecule has 2 aromatic rings. The Morgan fingerprint density at radius 3 is 2.96 bits per heavy atom. The highest BCUT2D eigenvalue weighted by Crippen LogP contribution is 2.34. The third-order valence-corrected chi connectivity index (χ3v) is 4.68. The van der Waals surface area contributed by atoms with Crippen molar-refractivity contribution in [2.24, 2.45) is 10.7 Å². The van der Waals surface area contributed by atoms with E-state index in [-0.39, 0.29) is 23.5 Å². The Bertz CT molecular complexity index is 771. The van der Waals surface area contributed by atoms with Gasteiger partial charge >= 0.3 is 0 Å². The van der Waals surface area contributed by atoms with E-state index >= 15 is 0 Å².